The number of piperazine rings is 1. The largest absolute Gasteiger partial charge is 0.492 e. The minimum absolute atomic E-state index is 0.0967. The molecule has 4 rings (SSSR count). The smallest absolute Gasteiger partial charge is 0.263 e. The molecule has 1 amide bonds. The van der Waals surface area contributed by atoms with E-state index in [2.05, 4.69) is 10.00 Å². The second kappa shape index (κ2) is 11.1. The van der Waals surface area contributed by atoms with Crippen LogP contribution in [0.3, 0.4) is 0 Å². The van der Waals surface area contributed by atoms with E-state index in [1.165, 1.54) is 20.1 Å². The minimum Gasteiger partial charge on any atom is -0.492 e. The number of hydrogen-bond acceptors (Lipinski definition) is 6. The molecule has 3 aromatic rings. The van der Waals surface area contributed by atoms with Crippen molar-refractivity contribution >= 4 is 21.6 Å². The van der Waals surface area contributed by atoms with Crippen LogP contribution in [0.25, 0.3) is 0 Å². The summed E-state index contributed by atoms with van der Waals surface area (Å²) in [5.74, 6) is 0.411. The highest BCUT2D eigenvalue weighted by atomic mass is 32.2. The summed E-state index contributed by atoms with van der Waals surface area (Å²) in [6.45, 7) is 6.77. The lowest BCUT2D eigenvalue weighted by molar-refractivity contribution is 0.0781. The second-order valence-corrected chi connectivity index (χ2v) is 10.5. The van der Waals surface area contributed by atoms with E-state index in [4.69, 9.17) is 4.74 Å². The molecular weight excluding hydrogens is 478 g/mol. The van der Waals surface area contributed by atoms with E-state index < -0.39 is 10.0 Å². The number of amides is 1. The lowest BCUT2D eigenvalue weighted by atomic mass is 10.2. The number of carbonyl (C=O) groups is 1. The topological polar surface area (TPSA) is 88.0 Å². The molecule has 0 spiro atoms. The van der Waals surface area contributed by atoms with Crippen molar-refractivity contribution in [1.82, 2.24) is 19.0 Å². The zero-order valence-corrected chi connectivity index (χ0v) is 21.8. The Morgan fingerprint density at radius 3 is 2.33 bits per heavy atom. The van der Waals surface area contributed by atoms with Crippen molar-refractivity contribution in [3.63, 3.8) is 0 Å². The van der Waals surface area contributed by atoms with E-state index in [0.29, 0.717) is 32.8 Å². The van der Waals surface area contributed by atoms with Gasteiger partial charge in [0.1, 0.15) is 5.75 Å². The van der Waals surface area contributed by atoms with Crippen molar-refractivity contribution in [2.24, 2.45) is 0 Å². The van der Waals surface area contributed by atoms with Gasteiger partial charge >= 0.3 is 0 Å². The fraction of sp³-hybridized carbons (Fsp3) is 0.385. The third-order valence-electron chi connectivity index (χ3n) is 6.22. The molecule has 2 aromatic carbocycles. The first-order valence-electron chi connectivity index (χ1n) is 12.2. The summed E-state index contributed by atoms with van der Waals surface area (Å²) in [5, 5.41) is 4.12. The highest BCUT2D eigenvalue weighted by Crippen LogP contribution is 2.30. The van der Waals surface area contributed by atoms with Crippen molar-refractivity contribution in [1.29, 1.82) is 0 Å². The molecule has 192 valence electrons. The summed E-state index contributed by atoms with van der Waals surface area (Å²) < 4.78 is 36.0. The van der Waals surface area contributed by atoms with Crippen molar-refractivity contribution in [2.75, 3.05) is 44.7 Å². The first kappa shape index (κ1) is 25.7. The number of para-hydroxylation sites is 2. The molecule has 36 heavy (non-hydrogen) atoms. The number of sulfonamides is 1. The van der Waals surface area contributed by atoms with E-state index in [0.717, 1.165) is 17.0 Å². The van der Waals surface area contributed by atoms with Crippen LogP contribution in [0.2, 0.25) is 0 Å². The molecule has 0 unspecified atom stereocenters. The number of benzene rings is 2. The lowest BCUT2D eigenvalue weighted by Gasteiger charge is -2.35. The molecule has 0 N–H and O–H groups in total. The van der Waals surface area contributed by atoms with Gasteiger partial charge in [-0.2, -0.15) is 9.40 Å². The number of nitrogens with zero attached hydrogens (tertiary/aromatic N) is 5. The van der Waals surface area contributed by atoms with Gasteiger partial charge in [0.2, 0.25) is 5.03 Å². The van der Waals surface area contributed by atoms with Crippen LogP contribution < -0.4 is 9.64 Å². The molecule has 1 aliphatic rings. The number of carbonyl (C=O) groups excluding carboxylic acids is 1. The van der Waals surface area contributed by atoms with E-state index in [1.807, 2.05) is 68.4 Å². The maximum absolute atomic E-state index is 13.7. The zero-order valence-electron chi connectivity index (χ0n) is 21.0. The van der Waals surface area contributed by atoms with Crippen molar-refractivity contribution < 1.29 is 17.9 Å². The summed E-state index contributed by atoms with van der Waals surface area (Å²) in [7, 11) is -2.29. The molecule has 10 heteroatoms. The van der Waals surface area contributed by atoms with Crippen molar-refractivity contribution in [2.45, 2.75) is 32.0 Å². The first-order chi connectivity index (χ1) is 17.3. The highest BCUT2D eigenvalue weighted by molar-refractivity contribution is 7.89. The highest BCUT2D eigenvalue weighted by Gasteiger charge is 2.35. The van der Waals surface area contributed by atoms with Crippen molar-refractivity contribution in [3.05, 3.63) is 71.9 Å². The molecule has 9 nitrogen and oxygen atoms in total. The van der Waals surface area contributed by atoms with Gasteiger partial charge in [-0.1, -0.05) is 42.5 Å². The third-order valence-corrected chi connectivity index (χ3v) is 8.06. The summed E-state index contributed by atoms with van der Waals surface area (Å²) in [5.41, 5.74) is 2.01. The minimum atomic E-state index is -3.96. The SMILES string of the molecule is CCOc1ccccc1N1CCN(S(=O)(=O)c2nn(CC)cc2C(=O)N(C)Cc2ccccc2)CC1. The van der Waals surface area contributed by atoms with Crippen molar-refractivity contribution in [3.8, 4) is 5.75 Å². The van der Waals surface area contributed by atoms with Crippen LogP contribution in [0.5, 0.6) is 5.75 Å². The third kappa shape index (κ3) is 5.39. The fourth-order valence-corrected chi connectivity index (χ4v) is 5.84. The van der Waals surface area contributed by atoms with Gasteiger partial charge in [-0.3, -0.25) is 9.48 Å². The average molecular weight is 512 g/mol. The van der Waals surface area contributed by atoms with Gasteiger partial charge in [-0.05, 0) is 31.5 Å². The van der Waals surface area contributed by atoms with Crippen LogP contribution >= 0.6 is 0 Å². The Hall–Kier alpha value is -3.37. The number of hydrogen-bond donors (Lipinski definition) is 0. The first-order valence-corrected chi connectivity index (χ1v) is 13.6. The Morgan fingerprint density at radius 2 is 1.67 bits per heavy atom. The van der Waals surface area contributed by atoms with Crippen LogP contribution in [0.4, 0.5) is 5.69 Å². The van der Waals surface area contributed by atoms with Gasteiger partial charge in [0.25, 0.3) is 15.9 Å². The predicted molar refractivity (Wildman–Crippen MR) is 139 cm³/mol. The molecule has 0 aliphatic carbocycles. The van der Waals surface area contributed by atoms with Crippen LogP contribution in [0, 0.1) is 0 Å². The van der Waals surface area contributed by atoms with Gasteiger partial charge < -0.3 is 14.5 Å². The Morgan fingerprint density at radius 1 is 1.00 bits per heavy atom. The van der Waals surface area contributed by atoms with E-state index in [9.17, 15) is 13.2 Å². The quantitative estimate of drug-likeness (QED) is 0.439. The number of anilines is 1. The molecule has 2 heterocycles. The van der Waals surface area contributed by atoms with Gasteiger partial charge in [-0.25, -0.2) is 8.42 Å². The normalized spacial score (nSPS) is 14.6. The number of aromatic nitrogens is 2. The number of ether oxygens (including phenoxy) is 1. The van der Waals surface area contributed by atoms with Crippen LogP contribution in [-0.4, -0.2) is 73.1 Å². The Balaban J connectivity index is 1.53. The lowest BCUT2D eigenvalue weighted by Crippen LogP contribution is -2.49. The summed E-state index contributed by atoms with van der Waals surface area (Å²) in [6.07, 6.45) is 1.53. The fourth-order valence-electron chi connectivity index (χ4n) is 4.33. The number of aryl methyl sites for hydroxylation is 1. The van der Waals surface area contributed by atoms with Crippen LogP contribution in [0.1, 0.15) is 29.8 Å². The number of rotatable bonds is 9. The zero-order chi connectivity index (χ0) is 25.7. The maximum Gasteiger partial charge on any atom is 0.263 e. The summed E-state index contributed by atoms with van der Waals surface area (Å²) in [6, 6.07) is 17.4. The Kier molecular flexibility index (Phi) is 7.95. The molecule has 1 aliphatic heterocycles. The molecule has 1 aromatic heterocycles. The Bertz CT molecular complexity index is 1280. The maximum atomic E-state index is 13.7. The molecular formula is C26H33N5O4S. The molecule has 0 radical (unpaired) electrons. The Labute approximate surface area is 212 Å². The van der Waals surface area contributed by atoms with Gasteiger partial charge in [-0.15, -0.1) is 0 Å². The van der Waals surface area contributed by atoms with Gasteiger partial charge in [0.15, 0.2) is 0 Å². The summed E-state index contributed by atoms with van der Waals surface area (Å²) >= 11 is 0. The van der Waals surface area contributed by atoms with Gasteiger partial charge in [0, 0.05) is 52.5 Å². The second-order valence-electron chi connectivity index (χ2n) is 8.64. The molecule has 0 atom stereocenters. The molecule has 0 saturated carbocycles. The monoisotopic (exact) mass is 511 g/mol. The summed E-state index contributed by atoms with van der Waals surface area (Å²) in [4.78, 5) is 17.0. The van der Waals surface area contributed by atoms with Crippen LogP contribution in [0.15, 0.2) is 65.8 Å². The molecule has 1 saturated heterocycles. The average Bonchev–Trinajstić information content (AvgIpc) is 3.35. The molecule has 1 fully saturated rings. The molecule has 0 bridgehead atoms. The van der Waals surface area contributed by atoms with Gasteiger partial charge in [0.05, 0.1) is 17.9 Å². The van der Waals surface area contributed by atoms with E-state index in [1.54, 1.807) is 7.05 Å². The predicted octanol–water partition coefficient (Wildman–Crippen LogP) is 3.08. The van der Waals surface area contributed by atoms with E-state index >= 15 is 0 Å². The van der Waals surface area contributed by atoms with E-state index in [-0.39, 0.29) is 29.6 Å². The standard InChI is InChI=1S/C26H33N5O4S/c1-4-30-20-22(26(32)28(3)19-21-11-7-6-8-12-21)25(27-30)36(33,34)31-17-15-29(16-18-31)23-13-9-10-14-24(23)35-5-2/h6-14,20H,4-5,15-19H2,1-3H3. The van der Waals surface area contributed by atoms with Crippen LogP contribution in [-0.2, 0) is 23.1 Å².